The number of nitrogens with zero attached hydrogens (tertiary/aromatic N) is 2. The number of carbonyl (C=O) groups excluding carboxylic acids is 1. The lowest BCUT2D eigenvalue weighted by Crippen LogP contribution is -2.15. The number of nitrogens with one attached hydrogen (secondary N) is 1. The Morgan fingerprint density at radius 1 is 1.59 bits per heavy atom. The standard InChI is InChI=1S/C12H15N3O2/c1-17-12-7-10(13-8-14-12)15-11(16)6-9-4-2-3-5-9/h2,4,7-9H,3,5-6H2,1H3,(H,13,14,15,16)/t9-/m0/s1. The molecule has 0 fully saturated rings. The van der Waals surface area contributed by atoms with E-state index in [4.69, 9.17) is 4.74 Å². The van der Waals surface area contributed by atoms with Crippen LogP contribution in [0, 0.1) is 5.92 Å². The van der Waals surface area contributed by atoms with Crippen LogP contribution in [0.4, 0.5) is 5.82 Å². The van der Waals surface area contributed by atoms with Gasteiger partial charge in [0.1, 0.15) is 12.1 Å². The van der Waals surface area contributed by atoms with Crippen molar-refractivity contribution in [3.8, 4) is 5.88 Å². The highest BCUT2D eigenvalue weighted by Crippen LogP contribution is 2.21. The highest BCUT2D eigenvalue weighted by molar-refractivity contribution is 5.90. The normalized spacial score (nSPS) is 18.1. The third-order valence-electron chi connectivity index (χ3n) is 2.68. The zero-order valence-corrected chi connectivity index (χ0v) is 9.72. The summed E-state index contributed by atoms with van der Waals surface area (Å²) < 4.78 is 4.96. The molecule has 0 aliphatic heterocycles. The predicted molar refractivity (Wildman–Crippen MR) is 63.7 cm³/mol. The average molecular weight is 233 g/mol. The first-order valence-corrected chi connectivity index (χ1v) is 5.60. The Bertz CT molecular complexity index is 432. The van der Waals surface area contributed by atoms with E-state index >= 15 is 0 Å². The van der Waals surface area contributed by atoms with Gasteiger partial charge < -0.3 is 10.1 Å². The van der Waals surface area contributed by atoms with Gasteiger partial charge in [0.25, 0.3) is 0 Å². The summed E-state index contributed by atoms with van der Waals surface area (Å²) in [5.74, 6) is 1.25. The van der Waals surface area contributed by atoms with Gasteiger partial charge in [0.2, 0.25) is 11.8 Å². The number of anilines is 1. The summed E-state index contributed by atoms with van der Waals surface area (Å²) in [5, 5.41) is 2.74. The Morgan fingerprint density at radius 3 is 3.18 bits per heavy atom. The van der Waals surface area contributed by atoms with E-state index in [2.05, 4.69) is 27.4 Å². The Kier molecular flexibility index (Phi) is 3.69. The summed E-state index contributed by atoms with van der Waals surface area (Å²) in [4.78, 5) is 19.6. The molecular formula is C12H15N3O2. The van der Waals surface area contributed by atoms with Crippen molar-refractivity contribution < 1.29 is 9.53 Å². The second-order valence-electron chi connectivity index (χ2n) is 3.96. The molecule has 5 nitrogen and oxygen atoms in total. The molecule has 0 radical (unpaired) electrons. The van der Waals surface area contributed by atoms with Gasteiger partial charge in [-0.25, -0.2) is 9.97 Å². The van der Waals surface area contributed by atoms with Gasteiger partial charge in [-0.05, 0) is 18.8 Å². The van der Waals surface area contributed by atoms with Crippen LogP contribution in [0.2, 0.25) is 0 Å². The van der Waals surface area contributed by atoms with Gasteiger partial charge in [-0.3, -0.25) is 4.79 Å². The van der Waals surface area contributed by atoms with E-state index in [1.54, 1.807) is 6.07 Å². The van der Waals surface area contributed by atoms with Crippen LogP contribution in [0.1, 0.15) is 19.3 Å². The third-order valence-corrected chi connectivity index (χ3v) is 2.68. The van der Waals surface area contributed by atoms with Gasteiger partial charge in [0.15, 0.2) is 0 Å². The van der Waals surface area contributed by atoms with E-state index < -0.39 is 0 Å². The maximum Gasteiger partial charge on any atom is 0.226 e. The second kappa shape index (κ2) is 5.43. The highest BCUT2D eigenvalue weighted by Gasteiger charge is 2.14. The third kappa shape index (κ3) is 3.27. The molecule has 17 heavy (non-hydrogen) atoms. The molecule has 2 rings (SSSR count). The number of amides is 1. The maximum absolute atomic E-state index is 11.7. The van der Waals surface area contributed by atoms with Crippen LogP contribution in [0.15, 0.2) is 24.5 Å². The lowest BCUT2D eigenvalue weighted by molar-refractivity contribution is -0.116. The van der Waals surface area contributed by atoms with E-state index in [-0.39, 0.29) is 5.91 Å². The number of ether oxygens (including phenoxy) is 1. The summed E-state index contributed by atoms with van der Waals surface area (Å²) >= 11 is 0. The SMILES string of the molecule is COc1cc(NC(=O)C[C@H]2C=CCC2)ncn1. The Labute approximate surface area is 99.9 Å². The number of hydrogen-bond acceptors (Lipinski definition) is 4. The van der Waals surface area contributed by atoms with Crippen LogP contribution in [-0.2, 0) is 4.79 Å². The quantitative estimate of drug-likeness (QED) is 0.805. The minimum Gasteiger partial charge on any atom is -0.481 e. The van der Waals surface area contributed by atoms with E-state index in [9.17, 15) is 4.79 Å². The molecule has 5 heteroatoms. The molecule has 1 atom stereocenters. The Balaban J connectivity index is 1.90. The fraction of sp³-hybridized carbons (Fsp3) is 0.417. The smallest absolute Gasteiger partial charge is 0.226 e. The molecule has 0 saturated carbocycles. The molecule has 0 bridgehead atoms. The molecule has 1 aromatic rings. The van der Waals surface area contributed by atoms with E-state index in [0.717, 1.165) is 12.8 Å². The summed E-state index contributed by atoms with van der Waals surface area (Å²) in [6.07, 6.45) is 8.21. The topological polar surface area (TPSA) is 64.1 Å². The van der Waals surface area contributed by atoms with Crippen LogP contribution in [0.5, 0.6) is 5.88 Å². The minimum absolute atomic E-state index is 0.0256. The highest BCUT2D eigenvalue weighted by atomic mass is 16.5. The van der Waals surface area contributed by atoms with Crippen molar-refractivity contribution >= 4 is 11.7 Å². The summed E-state index contributed by atoms with van der Waals surface area (Å²) in [7, 11) is 1.53. The van der Waals surface area contributed by atoms with Gasteiger partial charge >= 0.3 is 0 Å². The summed E-state index contributed by atoms with van der Waals surface area (Å²) in [6, 6.07) is 1.60. The lowest BCUT2D eigenvalue weighted by Gasteiger charge is -2.08. The first-order valence-electron chi connectivity index (χ1n) is 5.60. The second-order valence-corrected chi connectivity index (χ2v) is 3.96. The van der Waals surface area contributed by atoms with E-state index in [1.165, 1.54) is 13.4 Å². The first-order chi connectivity index (χ1) is 8.28. The average Bonchev–Trinajstić information content (AvgIpc) is 2.82. The molecule has 1 amide bonds. The molecule has 0 unspecified atom stereocenters. The fourth-order valence-electron chi connectivity index (χ4n) is 1.82. The first kappa shape index (κ1) is 11.6. The number of allylic oxidation sites excluding steroid dienone is 2. The predicted octanol–water partition coefficient (Wildman–Crippen LogP) is 1.78. The molecule has 1 aromatic heterocycles. The van der Waals surface area contributed by atoms with Crippen molar-refractivity contribution in [1.82, 2.24) is 9.97 Å². The molecule has 90 valence electrons. The minimum atomic E-state index is -0.0256. The summed E-state index contributed by atoms with van der Waals surface area (Å²) in [5.41, 5.74) is 0. The molecular weight excluding hydrogens is 218 g/mol. The molecule has 0 spiro atoms. The van der Waals surface area contributed by atoms with Crippen LogP contribution >= 0.6 is 0 Å². The van der Waals surface area contributed by atoms with Crippen LogP contribution in [0.3, 0.4) is 0 Å². The van der Waals surface area contributed by atoms with Crippen molar-refractivity contribution in [2.24, 2.45) is 5.92 Å². The van der Waals surface area contributed by atoms with Gasteiger partial charge in [-0.15, -0.1) is 0 Å². The largest absolute Gasteiger partial charge is 0.481 e. The number of rotatable bonds is 4. The van der Waals surface area contributed by atoms with Gasteiger partial charge in [-0.2, -0.15) is 0 Å². The Hall–Kier alpha value is -1.91. The monoisotopic (exact) mass is 233 g/mol. The number of carbonyl (C=O) groups is 1. The number of aromatic nitrogens is 2. The van der Waals surface area contributed by atoms with Gasteiger partial charge in [0, 0.05) is 12.5 Å². The van der Waals surface area contributed by atoms with E-state index in [1.807, 2.05) is 0 Å². The van der Waals surface area contributed by atoms with Crippen molar-refractivity contribution in [2.75, 3.05) is 12.4 Å². The zero-order chi connectivity index (χ0) is 12.1. The van der Waals surface area contributed by atoms with Gasteiger partial charge in [-0.1, -0.05) is 12.2 Å². The van der Waals surface area contributed by atoms with Crippen LogP contribution in [-0.4, -0.2) is 23.0 Å². The number of methoxy groups -OCH3 is 1. The fourth-order valence-corrected chi connectivity index (χ4v) is 1.82. The van der Waals surface area contributed by atoms with Crippen LogP contribution < -0.4 is 10.1 Å². The maximum atomic E-state index is 11.7. The molecule has 0 aromatic carbocycles. The zero-order valence-electron chi connectivity index (χ0n) is 9.72. The number of hydrogen-bond donors (Lipinski definition) is 1. The molecule has 1 aliphatic carbocycles. The van der Waals surface area contributed by atoms with Crippen molar-refractivity contribution in [1.29, 1.82) is 0 Å². The molecule has 1 heterocycles. The van der Waals surface area contributed by atoms with E-state index in [0.29, 0.717) is 24.0 Å². The van der Waals surface area contributed by atoms with Gasteiger partial charge in [0.05, 0.1) is 7.11 Å². The molecule has 0 saturated heterocycles. The van der Waals surface area contributed by atoms with Crippen molar-refractivity contribution in [3.63, 3.8) is 0 Å². The summed E-state index contributed by atoms with van der Waals surface area (Å²) in [6.45, 7) is 0. The molecule has 1 N–H and O–H groups in total. The Morgan fingerprint density at radius 2 is 2.47 bits per heavy atom. The molecule has 1 aliphatic rings. The lowest BCUT2D eigenvalue weighted by atomic mass is 10.1. The van der Waals surface area contributed by atoms with Crippen molar-refractivity contribution in [3.05, 3.63) is 24.5 Å². The van der Waals surface area contributed by atoms with Crippen molar-refractivity contribution in [2.45, 2.75) is 19.3 Å². The van der Waals surface area contributed by atoms with Crippen LogP contribution in [0.25, 0.3) is 0 Å².